The molecule has 0 spiro atoms. The minimum atomic E-state index is -0.533. The zero-order valence-electron chi connectivity index (χ0n) is 8.61. The molecule has 4 heteroatoms. The molecular formula is C11H15ClO2S. The first-order valence-electron chi connectivity index (χ1n) is 4.86. The first-order chi connectivity index (χ1) is 7.15. The number of hydrogen-bond donors (Lipinski definition) is 2. The van der Waals surface area contributed by atoms with Crippen LogP contribution < -0.4 is 0 Å². The highest BCUT2D eigenvalue weighted by Crippen LogP contribution is 2.28. The number of aliphatic hydroxyl groups excluding tert-OH is 2. The van der Waals surface area contributed by atoms with Gasteiger partial charge in [0.2, 0.25) is 0 Å². The average Bonchev–Trinajstić information content (AvgIpc) is 2.17. The van der Waals surface area contributed by atoms with Crippen LogP contribution >= 0.6 is 23.4 Å². The van der Waals surface area contributed by atoms with Gasteiger partial charge in [0.05, 0.1) is 6.10 Å². The Morgan fingerprint density at radius 2 is 2.20 bits per heavy atom. The number of hydrogen-bond acceptors (Lipinski definition) is 3. The number of thioether (sulfide) groups is 1. The molecule has 0 aliphatic heterocycles. The molecule has 1 aromatic carbocycles. The second-order valence-electron chi connectivity index (χ2n) is 3.28. The van der Waals surface area contributed by atoms with Crippen LogP contribution in [0, 0.1) is 0 Å². The highest BCUT2D eigenvalue weighted by molar-refractivity contribution is 7.99. The van der Waals surface area contributed by atoms with Gasteiger partial charge in [0.15, 0.2) is 0 Å². The minimum Gasteiger partial charge on any atom is -0.396 e. The second kappa shape index (κ2) is 6.38. The number of benzene rings is 1. The van der Waals surface area contributed by atoms with Crippen molar-refractivity contribution in [1.29, 1.82) is 0 Å². The zero-order chi connectivity index (χ0) is 11.3. The summed E-state index contributed by atoms with van der Waals surface area (Å²) >= 11 is 7.67. The van der Waals surface area contributed by atoms with Crippen molar-refractivity contribution in [3.05, 3.63) is 28.8 Å². The van der Waals surface area contributed by atoms with E-state index in [0.717, 1.165) is 22.6 Å². The fourth-order valence-electron chi connectivity index (χ4n) is 1.19. The van der Waals surface area contributed by atoms with Crippen molar-refractivity contribution in [1.82, 2.24) is 0 Å². The lowest BCUT2D eigenvalue weighted by Gasteiger charge is -2.08. The lowest BCUT2D eigenvalue weighted by atomic mass is 10.1. The van der Waals surface area contributed by atoms with Gasteiger partial charge in [0.25, 0.3) is 0 Å². The molecule has 0 aromatic heterocycles. The van der Waals surface area contributed by atoms with Crippen LogP contribution in [0.15, 0.2) is 23.1 Å². The molecule has 0 saturated carbocycles. The van der Waals surface area contributed by atoms with Crippen LogP contribution in [0.1, 0.15) is 25.0 Å². The largest absolute Gasteiger partial charge is 0.396 e. The molecule has 1 unspecified atom stereocenters. The molecule has 0 aliphatic carbocycles. The summed E-state index contributed by atoms with van der Waals surface area (Å²) in [6.07, 6.45) is 0.245. The molecular weight excluding hydrogens is 232 g/mol. The first-order valence-corrected chi connectivity index (χ1v) is 6.22. The van der Waals surface area contributed by atoms with E-state index in [4.69, 9.17) is 16.7 Å². The summed E-state index contributed by atoms with van der Waals surface area (Å²) in [4.78, 5) is 1.07. The summed E-state index contributed by atoms with van der Waals surface area (Å²) in [5.74, 6) is 0.876. The Labute approximate surface area is 99.3 Å². The van der Waals surface area contributed by atoms with Crippen molar-refractivity contribution < 1.29 is 10.2 Å². The molecule has 1 rings (SSSR count). The summed E-state index contributed by atoms with van der Waals surface area (Å²) in [6.45, 7) is 1.91. The first kappa shape index (κ1) is 12.8. The summed E-state index contributed by atoms with van der Waals surface area (Å²) in [7, 11) is 0. The molecule has 0 amide bonds. The van der Waals surface area contributed by atoms with Crippen molar-refractivity contribution in [3.8, 4) is 0 Å². The molecule has 1 aromatic rings. The summed E-state index contributed by atoms with van der Waals surface area (Å²) in [6, 6.07) is 5.63. The summed E-state index contributed by atoms with van der Waals surface area (Å²) in [5.41, 5.74) is 0.753. The Hall–Kier alpha value is -0.220. The fraction of sp³-hybridized carbons (Fsp3) is 0.455. The van der Waals surface area contributed by atoms with Crippen LogP contribution in [0.5, 0.6) is 0 Å². The highest BCUT2D eigenvalue weighted by atomic mass is 35.5. The van der Waals surface area contributed by atoms with E-state index in [1.807, 2.05) is 18.2 Å². The molecule has 0 heterocycles. The normalized spacial score (nSPS) is 12.8. The average molecular weight is 247 g/mol. The monoisotopic (exact) mass is 246 g/mol. The van der Waals surface area contributed by atoms with Gasteiger partial charge in [0, 0.05) is 22.3 Å². The van der Waals surface area contributed by atoms with Gasteiger partial charge < -0.3 is 10.2 Å². The third-order valence-electron chi connectivity index (χ3n) is 1.99. The molecule has 15 heavy (non-hydrogen) atoms. The van der Waals surface area contributed by atoms with E-state index >= 15 is 0 Å². The number of halogens is 1. The molecule has 1 atom stereocenters. The van der Waals surface area contributed by atoms with Gasteiger partial charge in [-0.25, -0.2) is 0 Å². The smallest absolute Gasteiger partial charge is 0.0776 e. The predicted octanol–water partition coefficient (Wildman–Crippen LogP) is 2.87. The quantitative estimate of drug-likeness (QED) is 0.620. The zero-order valence-corrected chi connectivity index (χ0v) is 10.2. The van der Waals surface area contributed by atoms with E-state index in [2.05, 4.69) is 0 Å². The maximum Gasteiger partial charge on any atom is 0.0776 e. The Kier molecular flexibility index (Phi) is 5.47. The van der Waals surface area contributed by atoms with E-state index in [-0.39, 0.29) is 6.61 Å². The maximum absolute atomic E-state index is 9.39. The van der Waals surface area contributed by atoms with Crippen molar-refractivity contribution in [3.63, 3.8) is 0 Å². The lowest BCUT2D eigenvalue weighted by molar-refractivity contribution is 0.199. The van der Waals surface area contributed by atoms with E-state index in [1.54, 1.807) is 18.7 Å². The highest BCUT2D eigenvalue weighted by Gasteiger charge is 2.06. The molecule has 0 saturated heterocycles. The summed E-state index contributed by atoms with van der Waals surface area (Å²) < 4.78 is 0. The van der Waals surface area contributed by atoms with E-state index in [9.17, 15) is 5.11 Å². The van der Waals surface area contributed by atoms with Crippen molar-refractivity contribution >= 4 is 23.4 Å². The Bertz CT molecular complexity index is 315. The maximum atomic E-state index is 9.39. The molecule has 0 aliphatic rings. The van der Waals surface area contributed by atoms with Crippen molar-refractivity contribution in [2.24, 2.45) is 0 Å². The van der Waals surface area contributed by atoms with Crippen LogP contribution in [-0.4, -0.2) is 22.6 Å². The van der Waals surface area contributed by atoms with Crippen LogP contribution in [0.4, 0.5) is 0 Å². The molecule has 2 nitrogen and oxygen atoms in total. The van der Waals surface area contributed by atoms with Crippen LogP contribution in [0.2, 0.25) is 5.02 Å². The predicted molar refractivity (Wildman–Crippen MR) is 64.5 cm³/mol. The van der Waals surface area contributed by atoms with Gasteiger partial charge in [0.1, 0.15) is 0 Å². The summed E-state index contributed by atoms with van der Waals surface area (Å²) in [5, 5.41) is 18.6. The van der Waals surface area contributed by atoms with Gasteiger partial charge >= 0.3 is 0 Å². The third kappa shape index (κ3) is 4.03. The third-order valence-corrected chi connectivity index (χ3v) is 3.40. The number of aliphatic hydroxyl groups is 2. The number of rotatable bonds is 5. The topological polar surface area (TPSA) is 40.5 Å². The molecule has 0 bridgehead atoms. The molecule has 0 fully saturated rings. The van der Waals surface area contributed by atoms with Gasteiger partial charge in [-0.3, -0.25) is 0 Å². The van der Waals surface area contributed by atoms with Crippen LogP contribution in [-0.2, 0) is 0 Å². The van der Waals surface area contributed by atoms with Gasteiger partial charge in [-0.2, -0.15) is 0 Å². The van der Waals surface area contributed by atoms with Crippen LogP contribution in [0.3, 0.4) is 0 Å². The van der Waals surface area contributed by atoms with Gasteiger partial charge in [-0.15, -0.1) is 11.8 Å². The lowest BCUT2D eigenvalue weighted by Crippen LogP contribution is -1.92. The molecule has 84 valence electrons. The van der Waals surface area contributed by atoms with Crippen molar-refractivity contribution in [2.75, 3.05) is 12.4 Å². The Morgan fingerprint density at radius 1 is 1.47 bits per heavy atom. The van der Waals surface area contributed by atoms with E-state index in [0.29, 0.717) is 5.02 Å². The molecule has 0 radical (unpaired) electrons. The minimum absolute atomic E-state index is 0.215. The standard InChI is InChI=1S/C11H15ClO2S/c1-8(14)10-4-3-9(7-11(10)12)15-6-2-5-13/h3-4,7-8,13-14H,2,5-6H2,1H3. The van der Waals surface area contributed by atoms with Crippen molar-refractivity contribution in [2.45, 2.75) is 24.3 Å². The SMILES string of the molecule is CC(O)c1ccc(SCCCO)cc1Cl. The second-order valence-corrected chi connectivity index (χ2v) is 4.86. The van der Waals surface area contributed by atoms with Crippen LogP contribution in [0.25, 0.3) is 0 Å². The fourth-order valence-corrected chi connectivity index (χ4v) is 2.47. The molecule has 2 N–H and O–H groups in total. The Balaban J connectivity index is 2.65. The van der Waals surface area contributed by atoms with Gasteiger partial charge in [-0.05, 0) is 31.0 Å². The van der Waals surface area contributed by atoms with Gasteiger partial charge in [-0.1, -0.05) is 17.7 Å². The van der Waals surface area contributed by atoms with E-state index in [1.165, 1.54) is 0 Å². The van der Waals surface area contributed by atoms with E-state index < -0.39 is 6.10 Å². The Morgan fingerprint density at radius 3 is 2.73 bits per heavy atom.